The van der Waals surface area contributed by atoms with Gasteiger partial charge in [0, 0.05) is 31.4 Å². The summed E-state index contributed by atoms with van der Waals surface area (Å²) in [6.45, 7) is 9.91. The molecule has 0 unspecified atom stereocenters. The number of ether oxygens (including phenoxy) is 1. The maximum atomic E-state index is 13.6. The van der Waals surface area contributed by atoms with Crippen molar-refractivity contribution in [2.45, 2.75) is 59.2 Å². The van der Waals surface area contributed by atoms with E-state index in [0.717, 1.165) is 17.5 Å². The molecule has 3 rings (SSSR count). The Morgan fingerprint density at radius 2 is 1.83 bits per heavy atom. The van der Waals surface area contributed by atoms with E-state index in [1.807, 2.05) is 31.2 Å². The second kappa shape index (κ2) is 14.1. The monoisotopic (exact) mass is 560 g/mol. The third-order valence-corrected chi connectivity index (χ3v) is 5.86. The van der Waals surface area contributed by atoms with Crippen LogP contribution >= 0.6 is 0 Å². The molecule has 1 aromatic heterocycles. The highest BCUT2D eigenvalue weighted by atomic mass is 19.1. The van der Waals surface area contributed by atoms with E-state index in [0.29, 0.717) is 29.6 Å². The molecule has 2 amide bonds. The number of carbonyl (C=O) groups is 2. The first-order chi connectivity index (χ1) is 19.5. The quantitative estimate of drug-likeness (QED) is 0.299. The van der Waals surface area contributed by atoms with Gasteiger partial charge in [0.15, 0.2) is 0 Å². The molecule has 41 heavy (non-hydrogen) atoms. The topological polar surface area (TPSA) is 108 Å². The Labute approximate surface area is 240 Å². The van der Waals surface area contributed by atoms with Crippen LogP contribution in [0, 0.1) is 17.7 Å². The van der Waals surface area contributed by atoms with Crippen LogP contribution in [0.3, 0.4) is 0 Å². The molecule has 0 aliphatic rings. The SMILES string of the molecule is CCCNc1nc(Nc2cccc(F)c2)ncc1C#Cc1ccccc1CNC(=O)[C@H](C)N(C)C(=O)OC(C)(C)C. The van der Waals surface area contributed by atoms with Crippen LogP contribution in [0.5, 0.6) is 0 Å². The Bertz CT molecular complexity index is 1430. The van der Waals surface area contributed by atoms with Crippen LogP contribution in [0.1, 0.15) is 57.7 Å². The second-order valence-electron chi connectivity index (χ2n) is 10.4. The molecule has 0 radical (unpaired) electrons. The number of likely N-dealkylation sites (N-methyl/N-ethyl adjacent to an activating group) is 1. The summed E-state index contributed by atoms with van der Waals surface area (Å²) in [5, 5.41) is 9.16. The van der Waals surface area contributed by atoms with Crippen LogP contribution in [0.2, 0.25) is 0 Å². The lowest BCUT2D eigenvalue weighted by molar-refractivity contribution is -0.125. The highest BCUT2D eigenvalue weighted by Crippen LogP contribution is 2.18. The summed E-state index contributed by atoms with van der Waals surface area (Å²) in [6, 6.07) is 12.8. The van der Waals surface area contributed by atoms with Gasteiger partial charge < -0.3 is 20.7 Å². The van der Waals surface area contributed by atoms with Crippen molar-refractivity contribution in [1.29, 1.82) is 0 Å². The lowest BCUT2D eigenvalue weighted by Gasteiger charge is -2.28. The summed E-state index contributed by atoms with van der Waals surface area (Å²) >= 11 is 0. The first-order valence-electron chi connectivity index (χ1n) is 13.4. The molecule has 0 aliphatic heterocycles. The Hall–Kier alpha value is -4.65. The summed E-state index contributed by atoms with van der Waals surface area (Å²) < 4.78 is 18.9. The van der Waals surface area contributed by atoms with E-state index >= 15 is 0 Å². The minimum Gasteiger partial charge on any atom is -0.444 e. The maximum absolute atomic E-state index is 13.6. The number of rotatable bonds is 9. The number of halogens is 1. The van der Waals surface area contributed by atoms with Crippen molar-refractivity contribution >= 4 is 29.5 Å². The van der Waals surface area contributed by atoms with E-state index in [1.165, 1.54) is 24.1 Å². The third kappa shape index (κ3) is 9.49. The summed E-state index contributed by atoms with van der Waals surface area (Å²) in [6.07, 6.45) is 1.92. The molecule has 0 saturated heterocycles. The zero-order valence-electron chi connectivity index (χ0n) is 24.3. The third-order valence-electron chi connectivity index (χ3n) is 5.86. The van der Waals surface area contributed by atoms with Crippen LogP contribution in [0.4, 0.5) is 26.6 Å². The molecule has 10 heteroatoms. The van der Waals surface area contributed by atoms with Gasteiger partial charge in [-0.15, -0.1) is 0 Å². The van der Waals surface area contributed by atoms with E-state index in [-0.39, 0.29) is 18.3 Å². The van der Waals surface area contributed by atoms with Crippen LogP contribution in [0.15, 0.2) is 54.7 Å². The van der Waals surface area contributed by atoms with E-state index < -0.39 is 17.7 Å². The molecule has 2 aromatic carbocycles. The number of amides is 2. The van der Waals surface area contributed by atoms with Crippen molar-refractivity contribution in [1.82, 2.24) is 20.2 Å². The molecule has 0 aliphatic carbocycles. The van der Waals surface area contributed by atoms with Gasteiger partial charge in [-0.05, 0) is 63.9 Å². The highest BCUT2D eigenvalue weighted by molar-refractivity contribution is 5.85. The van der Waals surface area contributed by atoms with Gasteiger partial charge in [-0.1, -0.05) is 43.0 Å². The van der Waals surface area contributed by atoms with Gasteiger partial charge in [0.2, 0.25) is 11.9 Å². The number of hydrogen-bond acceptors (Lipinski definition) is 7. The van der Waals surface area contributed by atoms with Crippen molar-refractivity contribution in [2.75, 3.05) is 24.2 Å². The van der Waals surface area contributed by atoms with Crippen molar-refractivity contribution in [3.05, 3.63) is 77.2 Å². The molecule has 3 aromatic rings. The number of nitrogens with one attached hydrogen (secondary N) is 3. The largest absolute Gasteiger partial charge is 0.444 e. The zero-order valence-corrected chi connectivity index (χ0v) is 24.3. The van der Waals surface area contributed by atoms with Crippen molar-refractivity contribution < 1.29 is 18.7 Å². The Morgan fingerprint density at radius 3 is 2.54 bits per heavy atom. The molecular weight excluding hydrogens is 523 g/mol. The van der Waals surface area contributed by atoms with Gasteiger partial charge in [-0.3, -0.25) is 9.69 Å². The Kier molecular flexibility index (Phi) is 10.6. The molecule has 9 nitrogen and oxygen atoms in total. The van der Waals surface area contributed by atoms with Crippen molar-refractivity contribution in [3.63, 3.8) is 0 Å². The molecule has 0 bridgehead atoms. The molecule has 1 atom stereocenters. The van der Waals surface area contributed by atoms with Gasteiger partial charge in [-0.2, -0.15) is 4.98 Å². The predicted molar refractivity (Wildman–Crippen MR) is 158 cm³/mol. The van der Waals surface area contributed by atoms with Gasteiger partial charge in [0.1, 0.15) is 23.3 Å². The second-order valence-corrected chi connectivity index (χ2v) is 10.4. The number of carbonyl (C=O) groups excluding carboxylic acids is 2. The fourth-order valence-corrected chi connectivity index (χ4v) is 3.54. The van der Waals surface area contributed by atoms with Crippen molar-refractivity contribution in [3.8, 4) is 11.8 Å². The standard InChI is InChI=1S/C31H37FN6O3/c1-7-17-33-27-24(20-35-29(37-27)36-26-14-10-13-25(32)18-26)16-15-22-11-8-9-12-23(22)19-34-28(39)21(2)38(6)30(40)41-31(3,4)5/h8-14,18,20-21H,7,17,19H2,1-6H3,(H,34,39)(H2,33,35,36,37)/t21-/m0/s1. The fourth-order valence-electron chi connectivity index (χ4n) is 3.54. The van der Waals surface area contributed by atoms with Gasteiger partial charge >= 0.3 is 6.09 Å². The molecule has 3 N–H and O–H groups in total. The first-order valence-corrected chi connectivity index (χ1v) is 13.4. The van der Waals surface area contributed by atoms with E-state index in [9.17, 15) is 14.0 Å². The molecule has 216 valence electrons. The van der Waals surface area contributed by atoms with Gasteiger partial charge in [0.25, 0.3) is 0 Å². The van der Waals surface area contributed by atoms with E-state index in [2.05, 4.69) is 37.8 Å². The van der Waals surface area contributed by atoms with E-state index in [1.54, 1.807) is 46.0 Å². The minimum absolute atomic E-state index is 0.226. The van der Waals surface area contributed by atoms with Crippen LogP contribution in [-0.2, 0) is 16.1 Å². The van der Waals surface area contributed by atoms with Crippen LogP contribution < -0.4 is 16.0 Å². The summed E-state index contributed by atoms with van der Waals surface area (Å²) in [5.74, 6) is 6.49. The average Bonchev–Trinajstić information content (AvgIpc) is 2.93. The van der Waals surface area contributed by atoms with Crippen molar-refractivity contribution in [2.24, 2.45) is 0 Å². The summed E-state index contributed by atoms with van der Waals surface area (Å²) in [4.78, 5) is 35.3. The predicted octanol–water partition coefficient (Wildman–Crippen LogP) is 5.45. The number of benzene rings is 2. The highest BCUT2D eigenvalue weighted by Gasteiger charge is 2.26. The lowest BCUT2D eigenvalue weighted by atomic mass is 10.1. The number of nitrogens with zero attached hydrogens (tertiary/aromatic N) is 3. The van der Waals surface area contributed by atoms with Crippen LogP contribution in [0.25, 0.3) is 0 Å². The summed E-state index contributed by atoms with van der Waals surface area (Å²) in [7, 11) is 1.53. The normalized spacial score (nSPS) is 11.5. The Balaban J connectivity index is 1.75. The zero-order chi connectivity index (χ0) is 30.0. The summed E-state index contributed by atoms with van der Waals surface area (Å²) in [5.41, 5.74) is 2.01. The first kappa shape index (κ1) is 30.9. The number of anilines is 3. The Morgan fingerprint density at radius 1 is 1.10 bits per heavy atom. The minimum atomic E-state index is -0.730. The number of hydrogen-bond donors (Lipinski definition) is 3. The van der Waals surface area contributed by atoms with E-state index in [4.69, 9.17) is 4.74 Å². The molecule has 1 heterocycles. The maximum Gasteiger partial charge on any atom is 0.410 e. The lowest BCUT2D eigenvalue weighted by Crippen LogP contribution is -2.47. The molecule has 0 fully saturated rings. The van der Waals surface area contributed by atoms with Gasteiger partial charge in [-0.25, -0.2) is 14.2 Å². The molecule has 0 spiro atoms. The van der Waals surface area contributed by atoms with Crippen LogP contribution in [-0.4, -0.2) is 52.1 Å². The molecular formula is C31H37FN6O3. The van der Waals surface area contributed by atoms with Gasteiger partial charge in [0.05, 0.1) is 11.8 Å². The average molecular weight is 561 g/mol. The fraction of sp³-hybridized carbons (Fsp3) is 0.355. The number of aromatic nitrogens is 2. The smallest absolute Gasteiger partial charge is 0.410 e. The molecule has 0 saturated carbocycles.